The van der Waals surface area contributed by atoms with Gasteiger partial charge in [0.15, 0.2) is 5.69 Å². The van der Waals surface area contributed by atoms with Gasteiger partial charge in [0.25, 0.3) is 0 Å². The van der Waals surface area contributed by atoms with Crippen molar-refractivity contribution in [2.24, 2.45) is 0 Å². The standard InChI is InChI=1S/C14H17N3O3/c1-3-7-19-13-12(15)14(17-9-16-13)20-11-6-4-5-10(8-11)18-2/h4-6,8-9H,3,7,15H2,1-2H3. The molecule has 0 saturated heterocycles. The van der Waals surface area contributed by atoms with Gasteiger partial charge in [-0.2, -0.15) is 9.97 Å². The van der Waals surface area contributed by atoms with Crippen LogP contribution in [0.3, 0.4) is 0 Å². The molecule has 6 nitrogen and oxygen atoms in total. The number of ether oxygens (including phenoxy) is 3. The van der Waals surface area contributed by atoms with Crippen LogP contribution in [0.25, 0.3) is 0 Å². The summed E-state index contributed by atoms with van der Waals surface area (Å²) in [5.41, 5.74) is 6.22. The molecule has 6 heteroatoms. The van der Waals surface area contributed by atoms with Crippen LogP contribution in [-0.2, 0) is 0 Å². The first-order valence-corrected chi connectivity index (χ1v) is 6.29. The Morgan fingerprint density at radius 2 is 1.90 bits per heavy atom. The third-order valence-corrected chi connectivity index (χ3v) is 2.51. The van der Waals surface area contributed by atoms with Crippen molar-refractivity contribution in [1.82, 2.24) is 9.97 Å². The minimum absolute atomic E-state index is 0.263. The van der Waals surface area contributed by atoms with Gasteiger partial charge in [-0.05, 0) is 18.6 Å². The SMILES string of the molecule is CCCOc1ncnc(Oc2cccc(OC)c2)c1N. The lowest BCUT2D eigenvalue weighted by Gasteiger charge is -2.11. The molecule has 0 aliphatic carbocycles. The van der Waals surface area contributed by atoms with Gasteiger partial charge in [-0.25, -0.2) is 0 Å². The summed E-state index contributed by atoms with van der Waals surface area (Å²) in [4.78, 5) is 8.01. The predicted octanol–water partition coefficient (Wildman–Crippen LogP) is 2.65. The fourth-order valence-corrected chi connectivity index (χ4v) is 1.54. The van der Waals surface area contributed by atoms with Gasteiger partial charge >= 0.3 is 0 Å². The van der Waals surface area contributed by atoms with Crippen LogP contribution in [0.4, 0.5) is 5.69 Å². The molecule has 1 aromatic heterocycles. The summed E-state index contributed by atoms with van der Waals surface area (Å²) in [6, 6.07) is 7.18. The van der Waals surface area contributed by atoms with E-state index in [2.05, 4.69) is 9.97 Å². The Morgan fingerprint density at radius 3 is 2.65 bits per heavy atom. The Balaban J connectivity index is 2.20. The second kappa shape index (κ2) is 6.60. The van der Waals surface area contributed by atoms with E-state index in [0.717, 1.165) is 6.42 Å². The second-order valence-electron chi connectivity index (χ2n) is 4.03. The summed E-state index contributed by atoms with van der Waals surface area (Å²) in [7, 11) is 1.59. The van der Waals surface area contributed by atoms with Gasteiger partial charge in [-0.3, -0.25) is 0 Å². The number of methoxy groups -OCH3 is 1. The number of rotatable bonds is 6. The Bertz CT molecular complexity index is 575. The Hall–Kier alpha value is -2.50. The molecule has 0 bridgehead atoms. The number of hydrogen-bond donors (Lipinski definition) is 1. The molecule has 0 atom stereocenters. The van der Waals surface area contributed by atoms with Crippen LogP contribution in [0.5, 0.6) is 23.3 Å². The van der Waals surface area contributed by atoms with E-state index in [4.69, 9.17) is 19.9 Å². The molecular formula is C14H17N3O3. The van der Waals surface area contributed by atoms with Gasteiger partial charge in [0.05, 0.1) is 13.7 Å². The number of nitrogens with two attached hydrogens (primary N) is 1. The predicted molar refractivity (Wildman–Crippen MR) is 75.3 cm³/mol. The lowest BCUT2D eigenvalue weighted by Crippen LogP contribution is -2.04. The van der Waals surface area contributed by atoms with Crippen LogP contribution in [0, 0.1) is 0 Å². The maximum Gasteiger partial charge on any atom is 0.249 e. The number of hydrogen-bond acceptors (Lipinski definition) is 6. The molecule has 0 spiro atoms. The van der Waals surface area contributed by atoms with E-state index >= 15 is 0 Å². The van der Waals surface area contributed by atoms with Crippen LogP contribution >= 0.6 is 0 Å². The minimum atomic E-state index is 0.263. The van der Waals surface area contributed by atoms with Crippen LogP contribution in [0.15, 0.2) is 30.6 Å². The number of nitrogens with zero attached hydrogens (tertiary/aromatic N) is 2. The fraction of sp³-hybridized carbons (Fsp3) is 0.286. The maximum absolute atomic E-state index is 5.94. The molecular weight excluding hydrogens is 258 g/mol. The highest BCUT2D eigenvalue weighted by atomic mass is 16.5. The first kappa shape index (κ1) is 13.9. The molecule has 20 heavy (non-hydrogen) atoms. The molecule has 2 N–H and O–H groups in total. The van der Waals surface area contributed by atoms with E-state index < -0.39 is 0 Å². The van der Waals surface area contributed by atoms with Gasteiger partial charge in [-0.15, -0.1) is 0 Å². The summed E-state index contributed by atoms with van der Waals surface area (Å²) in [6.07, 6.45) is 2.23. The Kier molecular flexibility index (Phi) is 4.60. The highest BCUT2D eigenvalue weighted by Crippen LogP contribution is 2.31. The van der Waals surface area contributed by atoms with Gasteiger partial charge < -0.3 is 19.9 Å². The van der Waals surface area contributed by atoms with Crippen molar-refractivity contribution in [3.8, 4) is 23.3 Å². The number of anilines is 1. The van der Waals surface area contributed by atoms with Crippen molar-refractivity contribution in [1.29, 1.82) is 0 Å². The van der Waals surface area contributed by atoms with Crippen molar-refractivity contribution in [2.45, 2.75) is 13.3 Å². The van der Waals surface area contributed by atoms with E-state index in [0.29, 0.717) is 24.0 Å². The molecule has 0 amide bonds. The van der Waals surface area contributed by atoms with Gasteiger partial charge in [0, 0.05) is 6.07 Å². The Labute approximate surface area is 117 Å². The van der Waals surface area contributed by atoms with Crippen molar-refractivity contribution in [3.05, 3.63) is 30.6 Å². The third kappa shape index (κ3) is 3.28. The van der Waals surface area contributed by atoms with E-state index in [-0.39, 0.29) is 11.6 Å². The molecule has 0 aliphatic rings. The summed E-state index contributed by atoms with van der Waals surface area (Å²) in [6.45, 7) is 2.55. The smallest absolute Gasteiger partial charge is 0.249 e. The quantitative estimate of drug-likeness (QED) is 0.873. The van der Waals surface area contributed by atoms with Crippen LogP contribution in [0.2, 0.25) is 0 Å². The van der Waals surface area contributed by atoms with Crippen molar-refractivity contribution >= 4 is 5.69 Å². The molecule has 2 aromatic rings. The average Bonchev–Trinajstić information content (AvgIpc) is 2.48. The first-order chi connectivity index (χ1) is 9.74. The number of nitrogen functional groups attached to an aromatic ring is 1. The monoisotopic (exact) mass is 275 g/mol. The summed E-state index contributed by atoms with van der Waals surface area (Å²) >= 11 is 0. The first-order valence-electron chi connectivity index (χ1n) is 6.29. The van der Waals surface area contributed by atoms with Gasteiger partial charge in [0.2, 0.25) is 11.8 Å². The molecule has 106 valence electrons. The third-order valence-electron chi connectivity index (χ3n) is 2.51. The average molecular weight is 275 g/mol. The molecule has 0 aliphatic heterocycles. The van der Waals surface area contributed by atoms with Crippen LogP contribution in [0.1, 0.15) is 13.3 Å². The normalized spacial score (nSPS) is 10.1. The lowest BCUT2D eigenvalue weighted by molar-refractivity contribution is 0.304. The molecule has 2 rings (SSSR count). The molecule has 1 aromatic carbocycles. The minimum Gasteiger partial charge on any atom is -0.497 e. The highest BCUT2D eigenvalue weighted by Gasteiger charge is 2.11. The molecule has 0 unspecified atom stereocenters. The molecule has 0 saturated carbocycles. The van der Waals surface area contributed by atoms with E-state index in [9.17, 15) is 0 Å². The summed E-state index contributed by atoms with van der Waals surface area (Å²) in [5.74, 6) is 1.87. The van der Waals surface area contributed by atoms with Crippen LogP contribution in [-0.4, -0.2) is 23.7 Å². The van der Waals surface area contributed by atoms with Crippen LogP contribution < -0.4 is 19.9 Å². The van der Waals surface area contributed by atoms with Gasteiger partial charge in [-0.1, -0.05) is 13.0 Å². The largest absolute Gasteiger partial charge is 0.497 e. The second-order valence-corrected chi connectivity index (χ2v) is 4.03. The summed E-state index contributed by atoms with van der Waals surface area (Å²) in [5, 5.41) is 0. The van der Waals surface area contributed by atoms with E-state index in [1.54, 1.807) is 19.2 Å². The molecule has 1 heterocycles. The fourth-order valence-electron chi connectivity index (χ4n) is 1.54. The molecule has 0 fully saturated rings. The van der Waals surface area contributed by atoms with Crippen molar-refractivity contribution < 1.29 is 14.2 Å². The number of aromatic nitrogens is 2. The van der Waals surface area contributed by atoms with E-state index in [1.165, 1.54) is 6.33 Å². The van der Waals surface area contributed by atoms with Crippen molar-refractivity contribution in [2.75, 3.05) is 19.5 Å². The Morgan fingerprint density at radius 1 is 1.15 bits per heavy atom. The van der Waals surface area contributed by atoms with Crippen molar-refractivity contribution in [3.63, 3.8) is 0 Å². The highest BCUT2D eigenvalue weighted by molar-refractivity contribution is 5.57. The zero-order valence-corrected chi connectivity index (χ0v) is 11.5. The lowest BCUT2D eigenvalue weighted by atomic mass is 10.3. The topological polar surface area (TPSA) is 79.5 Å². The zero-order valence-electron chi connectivity index (χ0n) is 11.5. The zero-order chi connectivity index (χ0) is 14.4. The molecule has 0 radical (unpaired) electrons. The number of benzene rings is 1. The van der Waals surface area contributed by atoms with Gasteiger partial charge in [0.1, 0.15) is 17.8 Å². The maximum atomic E-state index is 5.94. The van der Waals surface area contributed by atoms with E-state index in [1.807, 2.05) is 19.1 Å². The summed E-state index contributed by atoms with van der Waals surface area (Å²) < 4.78 is 16.2.